The van der Waals surface area contributed by atoms with Gasteiger partial charge in [0.15, 0.2) is 0 Å². The monoisotopic (exact) mass is 828 g/mol. The first-order chi connectivity index (χ1) is 27.1. The molecule has 4 nitrogen and oxygen atoms in total. The molecule has 0 saturated heterocycles. The van der Waals surface area contributed by atoms with Gasteiger partial charge in [0.1, 0.15) is 0 Å². The summed E-state index contributed by atoms with van der Waals surface area (Å²) in [5, 5.41) is 0. The molecule has 3 aromatic heterocycles. The third-order valence-corrected chi connectivity index (χ3v) is 27.1. The summed E-state index contributed by atoms with van der Waals surface area (Å²) < 4.78 is 5.98. The second-order valence-electron chi connectivity index (χ2n) is 15.3. The zero-order chi connectivity index (χ0) is 37.6. The third-order valence-electron chi connectivity index (χ3n) is 11.5. The van der Waals surface area contributed by atoms with Gasteiger partial charge in [0.25, 0.3) is 0 Å². The summed E-state index contributed by atoms with van der Waals surface area (Å²) in [5.41, 5.74) is 14.8. The van der Waals surface area contributed by atoms with Crippen molar-refractivity contribution in [3.05, 3.63) is 138 Å². The Hall–Kier alpha value is -4.94. The zero-order valence-electron chi connectivity index (χ0n) is 32.5. The molecule has 5 heterocycles. The topological polar surface area (TPSA) is 57.4 Å². The van der Waals surface area contributed by atoms with Gasteiger partial charge in [0.2, 0.25) is 0 Å². The van der Waals surface area contributed by atoms with Crippen LogP contribution in [0, 0.1) is 0 Å². The van der Waals surface area contributed by atoms with E-state index in [0.717, 1.165) is 72.7 Å². The van der Waals surface area contributed by atoms with Gasteiger partial charge in [-0.1, -0.05) is 0 Å². The van der Waals surface area contributed by atoms with Crippen LogP contribution >= 0.6 is 0 Å². The average molecular weight is 828 g/mol. The van der Waals surface area contributed by atoms with Crippen LogP contribution in [0.25, 0.3) is 79.8 Å². The predicted molar refractivity (Wildman–Crippen MR) is 240 cm³/mol. The van der Waals surface area contributed by atoms with Gasteiger partial charge < -0.3 is 0 Å². The fourth-order valence-corrected chi connectivity index (χ4v) is 24.7. The number of aromatic nitrogens is 4. The Morgan fingerprint density at radius 3 is 1.53 bits per heavy atom. The first kappa shape index (κ1) is 37.0. The molecule has 0 unspecified atom stereocenters. The van der Waals surface area contributed by atoms with Crippen molar-refractivity contribution in [1.82, 2.24) is 19.9 Å². The quantitative estimate of drug-likeness (QED) is 0.114. The summed E-state index contributed by atoms with van der Waals surface area (Å²) in [6.07, 6.45) is 16.5. The Labute approximate surface area is 330 Å². The summed E-state index contributed by atoms with van der Waals surface area (Å²) in [5.74, 6) is 0. The van der Waals surface area contributed by atoms with Crippen LogP contribution in [-0.4, -0.2) is 38.3 Å². The number of nitrogens with zero attached hydrogens (tertiary/aromatic N) is 2. The number of benzene rings is 3. The van der Waals surface area contributed by atoms with E-state index in [1.807, 2.05) is 0 Å². The molecule has 2 aliphatic rings. The fraction of sp³-hybridized carbons (Fsp3) is 0.240. The first-order valence-corrected chi connectivity index (χ1v) is 27.9. The van der Waals surface area contributed by atoms with Crippen LogP contribution in [0.15, 0.2) is 115 Å². The molecule has 0 aliphatic carbocycles. The van der Waals surface area contributed by atoms with E-state index in [9.17, 15) is 0 Å². The van der Waals surface area contributed by atoms with Crippen molar-refractivity contribution in [3.8, 4) is 33.4 Å². The number of fused-ring (bicyclic) bond motifs is 8. The van der Waals surface area contributed by atoms with Gasteiger partial charge in [-0.05, 0) is 0 Å². The van der Waals surface area contributed by atoms with E-state index in [0.29, 0.717) is 0 Å². The van der Waals surface area contributed by atoms with Gasteiger partial charge in [-0.25, -0.2) is 0 Å². The van der Waals surface area contributed by atoms with E-state index in [1.54, 1.807) is 3.58 Å². The van der Waals surface area contributed by atoms with Crippen molar-refractivity contribution in [3.63, 3.8) is 0 Å². The summed E-state index contributed by atoms with van der Waals surface area (Å²) in [4.78, 5) is 18.4. The van der Waals surface area contributed by atoms with Gasteiger partial charge in [-0.15, -0.1) is 0 Å². The van der Waals surface area contributed by atoms with E-state index in [4.69, 9.17) is 9.97 Å². The first-order valence-electron chi connectivity index (χ1n) is 20.4. The number of H-pyrrole nitrogens is 2. The number of aromatic amines is 2. The summed E-state index contributed by atoms with van der Waals surface area (Å²) in [7, 11) is 0. The Bertz CT molecular complexity index is 2450. The van der Waals surface area contributed by atoms with Crippen molar-refractivity contribution >= 4 is 68.3 Å². The number of hydrogen-bond acceptors (Lipinski definition) is 2. The Morgan fingerprint density at radius 1 is 0.455 bits per heavy atom. The Kier molecular flexibility index (Phi) is 11.3. The second-order valence-corrected chi connectivity index (χ2v) is 28.5. The van der Waals surface area contributed by atoms with Gasteiger partial charge in [-0.2, -0.15) is 0 Å². The average Bonchev–Trinajstić information content (AvgIpc) is 4.07. The van der Waals surface area contributed by atoms with Crippen LogP contribution in [0.4, 0.5) is 0 Å². The van der Waals surface area contributed by atoms with Crippen molar-refractivity contribution < 1.29 is 0 Å². The molecule has 0 atom stereocenters. The van der Waals surface area contributed by atoms with Crippen LogP contribution < -0.4 is 3.58 Å². The molecule has 5 heteroatoms. The zero-order valence-corrected chi connectivity index (χ0v) is 35.4. The molecule has 8 rings (SSSR count). The van der Waals surface area contributed by atoms with Gasteiger partial charge in [-0.3, -0.25) is 0 Å². The predicted octanol–water partition coefficient (Wildman–Crippen LogP) is 13.7. The summed E-state index contributed by atoms with van der Waals surface area (Å²) in [6, 6.07) is 42.0. The number of nitrogens with one attached hydrogen (secondary N) is 2. The molecule has 3 aromatic carbocycles. The summed E-state index contributed by atoms with van der Waals surface area (Å²) in [6.45, 7) is 7.09. The molecule has 6 aromatic rings. The van der Waals surface area contributed by atoms with E-state index in [1.165, 1.54) is 57.4 Å². The van der Waals surface area contributed by atoms with Crippen LogP contribution in [0.1, 0.15) is 82.1 Å². The molecule has 2 N–H and O–H groups in total. The standard InChI is InChI=1S/C38H25N4.3C4H9.Sn/c1-4-10-25(11-5-1)36-30-18-16-28(39-30)24-29-17-19-31(40-29)37(26-12-6-2-7-13-26)33-21-23-35(42-33)38(27-14-8-3-9-15-27)34-22-20-32(36)41-34;3*1-3-4-2;/h1-8,10-24,39,42H;3*1,3-4H2,2H3;. The van der Waals surface area contributed by atoms with Crippen molar-refractivity contribution in [2.24, 2.45) is 0 Å². The SMILES string of the molecule is CCC[CH2][Sn]([CH2]CCC)([CH2]CCC)[c]1cccc(-c2c3nc(c(-c4ccccc4)c4ccc(cc5nc(c(-c6ccccc6)c6ccc2[nH]6)C=C5)[nH]4)C=C3)c1. The molecule has 0 spiro atoms. The fourth-order valence-electron chi connectivity index (χ4n) is 8.62. The van der Waals surface area contributed by atoms with E-state index in [2.05, 4.69) is 170 Å². The third kappa shape index (κ3) is 7.79. The van der Waals surface area contributed by atoms with E-state index < -0.39 is 18.4 Å². The molecule has 55 heavy (non-hydrogen) atoms. The summed E-state index contributed by atoms with van der Waals surface area (Å²) >= 11 is -2.76. The minimum absolute atomic E-state index is 0.916. The molecule has 0 fully saturated rings. The van der Waals surface area contributed by atoms with Gasteiger partial charge >= 0.3 is 332 Å². The van der Waals surface area contributed by atoms with Crippen LogP contribution in [0.2, 0.25) is 13.3 Å². The Balaban J connectivity index is 1.46. The molecule has 0 amide bonds. The molecular weight excluding hydrogens is 775 g/mol. The maximum atomic E-state index is 5.53. The van der Waals surface area contributed by atoms with Crippen molar-refractivity contribution in [2.45, 2.75) is 72.6 Å². The van der Waals surface area contributed by atoms with Crippen LogP contribution in [0.5, 0.6) is 0 Å². The number of rotatable bonds is 13. The van der Waals surface area contributed by atoms with E-state index in [-0.39, 0.29) is 0 Å². The van der Waals surface area contributed by atoms with Crippen LogP contribution in [-0.2, 0) is 0 Å². The number of unbranched alkanes of at least 4 members (excludes halogenated alkanes) is 3. The van der Waals surface area contributed by atoms with Gasteiger partial charge in [0.05, 0.1) is 0 Å². The second kappa shape index (κ2) is 16.8. The molecule has 0 saturated carbocycles. The minimum atomic E-state index is -2.76. The molecule has 0 radical (unpaired) electrons. The normalized spacial score (nSPS) is 12.4. The molecule has 276 valence electrons. The van der Waals surface area contributed by atoms with Crippen molar-refractivity contribution in [2.75, 3.05) is 0 Å². The Morgan fingerprint density at radius 2 is 0.945 bits per heavy atom. The van der Waals surface area contributed by atoms with E-state index >= 15 is 0 Å². The molecule has 2 aliphatic heterocycles. The maximum absolute atomic E-state index is 5.53. The van der Waals surface area contributed by atoms with Crippen LogP contribution in [0.3, 0.4) is 0 Å². The molecule has 8 bridgehead atoms. The molecular formula is C50H52N4Sn. The van der Waals surface area contributed by atoms with Crippen molar-refractivity contribution in [1.29, 1.82) is 0 Å². The van der Waals surface area contributed by atoms with Gasteiger partial charge in [0, 0.05) is 0 Å². The number of hydrogen-bond donors (Lipinski definition) is 2.